The van der Waals surface area contributed by atoms with Crippen LogP contribution in [0, 0.1) is 11.3 Å². The zero-order valence-corrected chi connectivity index (χ0v) is 20.9. The minimum Gasteiger partial charge on any atom is -0.339 e. The summed E-state index contributed by atoms with van der Waals surface area (Å²) in [5.74, 6) is 0.406. The highest BCUT2D eigenvalue weighted by Crippen LogP contribution is 2.44. The number of thiophene rings is 1. The highest BCUT2D eigenvalue weighted by Gasteiger charge is 2.35. The SMILES string of the molecule is CCN(CC)C(=O)c1c(NC(=O)c2ccccc2Br)sc2c1CCC(C(C)(C)C)C2. The normalized spacial score (nSPS) is 16.1. The number of rotatable bonds is 5. The van der Waals surface area contributed by atoms with Gasteiger partial charge in [-0.1, -0.05) is 32.9 Å². The van der Waals surface area contributed by atoms with Crippen molar-refractivity contribution in [2.24, 2.45) is 11.3 Å². The third-order valence-corrected chi connectivity index (χ3v) is 7.96. The van der Waals surface area contributed by atoms with E-state index < -0.39 is 0 Å². The van der Waals surface area contributed by atoms with Crippen molar-refractivity contribution >= 4 is 44.1 Å². The summed E-state index contributed by atoms with van der Waals surface area (Å²) in [5, 5.41) is 3.75. The van der Waals surface area contributed by atoms with Crippen LogP contribution in [0.2, 0.25) is 0 Å². The second-order valence-corrected chi connectivity index (χ2v) is 10.9. The molecular formula is C24H31BrN2O2S. The quantitative estimate of drug-likeness (QED) is 0.527. The summed E-state index contributed by atoms with van der Waals surface area (Å²) in [5.41, 5.74) is 2.63. The fourth-order valence-electron chi connectivity index (χ4n) is 4.12. The molecule has 4 nitrogen and oxygen atoms in total. The Kier molecular flexibility index (Phi) is 7.08. The molecule has 1 aromatic heterocycles. The molecule has 30 heavy (non-hydrogen) atoms. The molecule has 1 unspecified atom stereocenters. The lowest BCUT2D eigenvalue weighted by Gasteiger charge is -2.34. The Morgan fingerprint density at radius 2 is 1.87 bits per heavy atom. The van der Waals surface area contributed by atoms with Gasteiger partial charge in [0.1, 0.15) is 5.00 Å². The van der Waals surface area contributed by atoms with Crippen LogP contribution in [0.4, 0.5) is 5.00 Å². The molecule has 0 saturated carbocycles. The molecule has 0 aliphatic heterocycles. The molecule has 1 aromatic carbocycles. The van der Waals surface area contributed by atoms with Crippen molar-refractivity contribution in [3.05, 3.63) is 50.3 Å². The molecule has 0 saturated heterocycles. The Morgan fingerprint density at radius 1 is 1.20 bits per heavy atom. The van der Waals surface area contributed by atoms with Gasteiger partial charge in [-0.25, -0.2) is 0 Å². The van der Waals surface area contributed by atoms with Crippen LogP contribution in [-0.4, -0.2) is 29.8 Å². The van der Waals surface area contributed by atoms with E-state index in [4.69, 9.17) is 0 Å². The predicted octanol–water partition coefficient (Wildman–Crippen LogP) is 6.40. The van der Waals surface area contributed by atoms with Crippen LogP contribution in [0.3, 0.4) is 0 Å². The summed E-state index contributed by atoms with van der Waals surface area (Å²) in [6.45, 7) is 12.2. The molecule has 1 heterocycles. The number of amides is 2. The van der Waals surface area contributed by atoms with E-state index in [1.807, 2.05) is 36.9 Å². The molecule has 1 aliphatic rings. The number of hydrogen-bond donors (Lipinski definition) is 1. The highest BCUT2D eigenvalue weighted by molar-refractivity contribution is 9.10. The maximum atomic E-state index is 13.4. The molecule has 1 atom stereocenters. The second kappa shape index (κ2) is 9.23. The summed E-state index contributed by atoms with van der Waals surface area (Å²) < 4.78 is 0.744. The number of nitrogens with zero attached hydrogens (tertiary/aromatic N) is 1. The van der Waals surface area contributed by atoms with Crippen molar-refractivity contribution in [1.29, 1.82) is 0 Å². The molecule has 0 radical (unpaired) electrons. The van der Waals surface area contributed by atoms with Gasteiger partial charge in [0, 0.05) is 22.4 Å². The van der Waals surface area contributed by atoms with Crippen molar-refractivity contribution in [3.8, 4) is 0 Å². The van der Waals surface area contributed by atoms with E-state index in [1.54, 1.807) is 17.4 Å². The number of benzene rings is 1. The molecule has 1 N–H and O–H groups in total. The Balaban J connectivity index is 2.01. The van der Waals surface area contributed by atoms with Gasteiger partial charge >= 0.3 is 0 Å². The van der Waals surface area contributed by atoms with Crippen LogP contribution in [0.5, 0.6) is 0 Å². The Hall–Kier alpha value is -1.66. The van der Waals surface area contributed by atoms with Crippen molar-refractivity contribution in [2.45, 2.75) is 53.9 Å². The molecule has 0 fully saturated rings. The molecule has 162 valence electrons. The van der Waals surface area contributed by atoms with Gasteiger partial charge < -0.3 is 10.2 Å². The second-order valence-electron chi connectivity index (χ2n) is 8.93. The number of carbonyl (C=O) groups excluding carboxylic acids is 2. The lowest BCUT2D eigenvalue weighted by Crippen LogP contribution is -2.32. The molecular weight excluding hydrogens is 460 g/mol. The fraction of sp³-hybridized carbons (Fsp3) is 0.500. The van der Waals surface area contributed by atoms with E-state index in [0.717, 1.165) is 29.3 Å². The summed E-state index contributed by atoms with van der Waals surface area (Å²) in [6, 6.07) is 7.36. The predicted molar refractivity (Wildman–Crippen MR) is 129 cm³/mol. The Labute approximate surface area is 192 Å². The number of anilines is 1. The summed E-state index contributed by atoms with van der Waals surface area (Å²) in [7, 11) is 0. The first-order valence-electron chi connectivity index (χ1n) is 10.7. The first-order valence-corrected chi connectivity index (χ1v) is 12.3. The van der Waals surface area contributed by atoms with Gasteiger partial charge in [-0.05, 0) is 78.1 Å². The van der Waals surface area contributed by atoms with Gasteiger partial charge in [0.2, 0.25) is 0 Å². The first-order chi connectivity index (χ1) is 14.2. The molecule has 2 amide bonds. The van der Waals surface area contributed by atoms with Crippen LogP contribution >= 0.6 is 27.3 Å². The summed E-state index contributed by atoms with van der Waals surface area (Å²) in [6.07, 6.45) is 2.93. The first kappa shape index (κ1) is 23.0. The van der Waals surface area contributed by atoms with Crippen molar-refractivity contribution < 1.29 is 9.59 Å². The van der Waals surface area contributed by atoms with Gasteiger partial charge in [-0.3, -0.25) is 9.59 Å². The maximum absolute atomic E-state index is 13.4. The van der Waals surface area contributed by atoms with E-state index in [9.17, 15) is 9.59 Å². The van der Waals surface area contributed by atoms with Crippen molar-refractivity contribution in [1.82, 2.24) is 4.90 Å². The van der Waals surface area contributed by atoms with Crippen LogP contribution < -0.4 is 5.32 Å². The fourth-order valence-corrected chi connectivity index (χ4v) is 5.90. The third kappa shape index (κ3) is 4.65. The molecule has 1 aliphatic carbocycles. The smallest absolute Gasteiger partial charge is 0.257 e. The van der Waals surface area contributed by atoms with Gasteiger partial charge in [-0.15, -0.1) is 11.3 Å². The zero-order chi connectivity index (χ0) is 22.1. The van der Waals surface area contributed by atoms with Crippen LogP contribution in [0.15, 0.2) is 28.7 Å². The van der Waals surface area contributed by atoms with Gasteiger partial charge in [-0.2, -0.15) is 0 Å². The van der Waals surface area contributed by atoms with E-state index >= 15 is 0 Å². The largest absolute Gasteiger partial charge is 0.339 e. The third-order valence-electron chi connectivity index (χ3n) is 6.10. The van der Waals surface area contributed by atoms with E-state index in [-0.39, 0.29) is 17.2 Å². The minimum absolute atomic E-state index is 0.0223. The van der Waals surface area contributed by atoms with Gasteiger partial charge in [0.05, 0.1) is 11.1 Å². The van der Waals surface area contributed by atoms with Gasteiger partial charge in [0.25, 0.3) is 11.8 Å². The molecule has 2 aromatic rings. The number of carbonyl (C=O) groups is 2. The number of nitrogens with one attached hydrogen (secondary N) is 1. The zero-order valence-electron chi connectivity index (χ0n) is 18.5. The average molecular weight is 491 g/mol. The van der Waals surface area contributed by atoms with Crippen molar-refractivity contribution in [3.63, 3.8) is 0 Å². The lowest BCUT2D eigenvalue weighted by molar-refractivity contribution is 0.0772. The minimum atomic E-state index is -0.193. The van der Waals surface area contributed by atoms with Gasteiger partial charge in [0.15, 0.2) is 0 Å². The molecule has 0 spiro atoms. The van der Waals surface area contributed by atoms with E-state index in [1.165, 1.54) is 4.88 Å². The van der Waals surface area contributed by atoms with Crippen LogP contribution in [0.25, 0.3) is 0 Å². The average Bonchev–Trinajstić information content (AvgIpc) is 3.05. The number of halogens is 1. The summed E-state index contributed by atoms with van der Waals surface area (Å²) >= 11 is 5.04. The monoisotopic (exact) mass is 490 g/mol. The maximum Gasteiger partial charge on any atom is 0.257 e. The topological polar surface area (TPSA) is 49.4 Å². The Bertz CT molecular complexity index is 941. The summed E-state index contributed by atoms with van der Waals surface area (Å²) in [4.78, 5) is 29.5. The van der Waals surface area contributed by atoms with E-state index in [0.29, 0.717) is 35.1 Å². The van der Waals surface area contributed by atoms with Crippen LogP contribution in [0.1, 0.15) is 72.2 Å². The number of hydrogen-bond acceptors (Lipinski definition) is 3. The number of fused-ring (bicyclic) bond motifs is 1. The highest BCUT2D eigenvalue weighted by atomic mass is 79.9. The molecule has 0 bridgehead atoms. The molecule has 6 heteroatoms. The Morgan fingerprint density at radius 3 is 2.47 bits per heavy atom. The standard InChI is InChI=1S/C24H31BrN2O2S/c1-6-27(7-2)23(29)20-17-13-12-15(24(3,4)5)14-19(17)30-22(20)26-21(28)16-10-8-9-11-18(16)25/h8-11,15H,6-7,12-14H2,1-5H3,(H,26,28). The lowest BCUT2D eigenvalue weighted by atomic mass is 9.72. The van der Waals surface area contributed by atoms with E-state index in [2.05, 4.69) is 42.0 Å². The molecule has 3 rings (SSSR count). The van der Waals surface area contributed by atoms with Crippen LogP contribution in [-0.2, 0) is 12.8 Å². The van der Waals surface area contributed by atoms with Crippen molar-refractivity contribution in [2.75, 3.05) is 18.4 Å².